The van der Waals surface area contributed by atoms with Crippen molar-refractivity contribution in [3.05, 3.63) is 64.1 Å². The number of sulfonamides is 1. The first-order valence-electron chi connectivity index (χ1n) is 9.30. The Kier molecular flexibility index (Phi) is 7.19. The van der Waals surface area contributed by atoms with E-state index in [1.54, 1.807) is 6.07 Å². The van der Waals surface area contributed by atoms with Crippen LogP contribution in [-0.2, 0) is 14.8 Å². The molecule has 3 rings (SSSR count). The van der Waals surface area contributed by atoms with Gasteiger partial charge in [0.25, 0.3) is 0 Å². The van der Waals surface area contributed by atoms with Crippen molar-refractivity contribution in [2.24, 2.45) is 0 Å². The van der Waals surface area contributed by atoms with Gasteiger partial charge in [0.05, 0.1) is 22.6 Å². The summed E-state index contributed by atoms with van der Waals surface area (Å²) in [6.07, 6.45) is 0. The van der Waals surface area contributed by atoms with Crippen LogP contribution in [0.15, 0.2) is 53.4 Å². The van der Waals surface area contributed by atoms with Crippen molar-refractivity contribution in [3.8, 4) is 0 Å². The second-order valence-electron chi connectivity index (χ2n) is 6.93. The molecule has 1 aliphatic heterocycles. The van der Waals surface area contributed by atoms with E-state index in [-0.39, 0.29) is 46.5 Å². The number of piperazine rings is 1. The van der Waals surface area contributed by atoms with E-state index < -0.39 is 10.0 Å². The van der Waals surface area contributed by atoms with E-state index >= 15 is 0 Å². The summed E-state index contributed by atoms with van der Waals surface area (Å²) in [7, 11) is -3.79. The Labute approximate surface area is 181 Å². The highest BCUT2D eigenvalue weighted by atomic mass is 35.5. The van der Waals surface area contributed by atoms with Crippen molar-refractivity contribution in [2.75, 3.05) is 32.7 Å². The summed E-state index contributed by atoms with van der Waals surface area (Å²) in [6, 6.07) is 14.3. The number of rotatable bonds is 6. The zero-order valence-electron chi connectivity index (χ0n) is 16.0. The Morgan fingerprint density at radius 2 is 1.59 bits per heavy atom. The average Bonchev–Trinajstić information content (AvgIpc) is 2.68. The van der Waals surface area contributed by atoms with Crippen LogP contribution in [0, 0.1) is 0 Å². The molecule has 156 valence electrons. The summed E-state index contributed by atoms with van der Waals surface area (Å²) in [4.78, 5) is 14.2. The summed E-state index contributed by atoms with van der Waals surface area (Å²) in [5.74, 6) is -0.0909. The summed E-state index contributed by atoms with van der Waals surface area (Å²) in [6.45, 7) is 3.60. The number of hydrogen-bond acceptors (Lipinski definition) is 4. The number of halogens is 2. The molecule has 0 saturated carbocycles. The van der Waals surface area contributed by atoms with Crippen LogP contribution < -0.4 is 5.32 Å². The van der Waals surface area contributed by atoms with Gasteiger partial charge in [0.2, 0.25) is 15.9 Å². The molecule has 1 fully saturated rings. The fourth-order valence-electron chi connectivity index (χ4n) is 3.30. The molecule has 0 radical (unpaired) electrons. The number of amides is 1. The number of nitrogens with zero attached hydrogens (tertiary/aromatic N) is 2. The molecule has 1 amide bonds. The van der Waals surface area contributed by atoms with E-state index in [2.05, 4.69) is 5.32 Å². The number of carbonyl (C=O) groups excluding carboxylic acids is 1. The lowest BCUT2D eigenvalue weighted by Crippen LogP contribution is -2.51. The molecule has 1 aliphatic rings. The van der Waals surface area contributed by atoms with Gasteiger partial charge in [-0.3, -0.25) is 9.69 Å². The second-order valence-corrected chi connectivity index (χ2v) is 9.62. The Bertz CT molecular complexity index is 942. The van der Waals surface area contributed by atoms with Gasteiger partial charge < -0.3 is 5.32 Å². The van der Waals surface area contributed by atoms with Gasteiger partial charge in [0.15, 0.2) is 0 Å². The number of carbonyl (C=O) groups is 1. The molecule has 29 heavy (non-hydrogen) atoms. The SMILES string of the molecule is CC(NC(=O)CN1CCN(S(=O)(=O)c2c(Cl)cccc2Cl)CC1)c1ccccc1. The normalized spacial score (nSPS) is 17.1. The molecule has 1 N–H and O–H groups in total. The topological polar surface area (TPSA) is 69.7 Å². The lowest BCUT2D eigenvalue weighted by Gasteiger charge is -2.34. The number of nitrogens with one attached hydrogen (secondary N) is 1. The molecular weight excluding hydrogens is 433 g/mol. The minimum atomic E-state index is -3.79. The highest BCUT2D eigenvalue weighted by Crippen LogP contribution is 2.31. The summed E-state index contributed by atoms with van der Waals surface area (Å²) in [5, 5.41) is 3.19. The fourth-order valence-corrected chi connectivity index (χ4v) is 5.81. The van der Waals surface area contributed by atoms with Crippen LogP contribution in [0.3, 0.4) is 0 Å². The molecule has 0 spiro atoms. The first kappa shape index (κ1) is 22.1. The van der Waals surface area contributed by atoms with Crippen molar-refractivity contribution in [1.82, 2.24) is 14.5 Å². The van der Waals surface area contributed by atoms with Crippen molar-refractivity contribution in [3.63, 3.8) is 0 Å². The van der Waals surface area contributed by atoms with Crippen LogP contribution in [0.5, 0.6) is 0 Å². The van der Waals surface area contributed by atoms with Crippen LogP contribution in [-0.4, -0.2) is 56.3 Å². The minimum Gasteiger partial charge on any atom is -0.348 e. The lowest BCUT2D eigenvalue weighted by molar-refractivity contribution is -0.123. The molecule has 2 aromatic carbocycles. The van der Waals surface area contributed by atoms with Gasteiger partial charge in [-0.25, -0.2) is 8.42 Å². The van der Waals surface area contributed by atoms with Crippen molar-refractivity contribution in [1.29, 1.82) is 0 Å². The van der Waals surface area contributed by atoms with Crippen LogP contribution in [0.2, 0.25) is 10.0 Å². The van der Waals surface area contributed by atoms with Gasteiger partial charge >= 0.3 is 0 Å². The van der Waals surface area contributed by atoms with Gasteiger partial charge in [-0.1, -0.05) is 59.6 Å². The molecule has 1 saturated heterocycles. The molecule has 1 atom stereocenters. The molecule has 1 unspecified atom stereocenters. The summed E-state index contributed by atoms with van der Waals surface area (Å²) in [5.41, 5.74) is 1.04. The summed E-state index contributed by atoms with van der Waals surface area (Å²) < 4.78 is 27.2. The smallest absolute Gasteiger partial charge is 0.246 e. The molecule has 0 aliphatic carbocycles. The molecule has 2 aromatic rings. The quantitative estimate of drug-likeness (QED) is 0.725. The van der Waals surface area contributed by atoms with Crippen LogP contribution in [0.1, 0.15) is 18.5 Å². The fraction of sp³-hybridized carbons (Fsp3) is 0.350. The monoisotopic (exact) mass is 455 g/mol. The molecular formula is C20H23Cl2N3O3S. The number of hydrogen-bond donors (Lipinski definition) is 1. The van der Waals surface area contributed by atoms with E-state index in [1.165, 1.54) is 16.4 Å². The van der Waals surface area contributed by atoms with Crippen molar-refractivity contribution < 1.29 is 13.2 Å². The molecule has 0 aromatic heterocycles. The van der Waals surface area contributed by atoms with Crippen LogP contribution in [0.4, 0.5) is 0 Å². The number of benzene rings is 2. The van der Waals surface area contributed by atoms with E-state index in [4.69, 9.17) is 23.2 Å². The third kappa shape index (κ3) is 5.29. The van der Waals surface area contributed by atoms with E-state index in [9.17, 15) is 13.2 Å². The van der Waals surface area contributed by atoms with Gasteiger partial charge in [-0.15, -0.1) is 0 Å². The van der Waals surface area contributed by atoms with Gasteiger partial charge in [0, 0.05) is 26.2 Å². The van der Waals surface area contributed by atoms with E-state index in [0.29, 0.717) is 13.1 Å². The Morgan fingerprint density at radius 3 is 2.17 bits per heavy atom. The maximum Gasteiger partial charge on any atom is 0.246 e. The Balaban J connectivity index is 1.56. The molecule has 0 bridgehead atoms. The zero-order chi connectivity index (χ0) is 21.0. The van der Waals surface area contributed by atoms with Gasteiger partial charge in [-0.2, -0.15) is 4.31 Å². The first-order chi connectivity index (χ1) is 13.8. The second kappa shape index (κ2) is 9.45. The summed E-state index contributed by atoms with van der Waals surface area (Å²) >= 11 is 12.2. The molecule has 1 heterocycles. The van der Waals surface area contributed by atoms with Crippen LogP contribution >= 0.6 is 23.2 Å². The molecule has 9 heteroatoms. The predicted molar refractivity (Wildman–Crippen MR) is 115 cm³/mol. The average molecular weight is 456 g/mol. The third-order valence-electron chi connectivity index (χ3n) is 4.89. The van der Waals surface area contributed by atoms with Gasteiger partial charge in [0.1, 0.15) is 4.90 Å². The predicted octanol–water partition coefficient (Wildman–Crippen LogP) is 3.18. The largest absolute Gasteiger partial charge is 0.348 e. The van der Waals surface area contributed by atoms with Crippen molar-refractivity contribution in [2.45, 2.75) is 17.9 Å². The Morgan fingerprint density at radius 1 is 1.00 bits per heavy atom. The highest BCUT2D eigenvalue weighted by molar-refractivity contribution is 7.89. The van der Waals surface area contributed by atoms with E-state index in [0.717, 1.165) is 5.56 Å². The highest BCUT2D eigenvalue weighted by Gasteiger charge is 2.32. The zero-order valence-corrected chi connectivity index (χ0v) is 18.3. The Hall–Kier alpha value is -1.64. The standard InChI is InChI=1S/C20H23Cl2N3O3S/c1-15(16-6-3-2-4-7-16)23-19(26)14-24-10-12-25(13-11-24)29(27,28)20-17(21)8-5-9-18(20)22/h2-9,15H,10-14H2,1H3,(H,23,26). The third-order valence-corrected chi connectivity index (χ3v) is 7.75. The maximum atomic E-state index is 12.9. The first-order valence-corrected chi connectivity index (χ1v) is 11.5. The lowest BCUT2D eigenvalue weighted by atomic mass is 10.1. The minimum absolute atomic E-state index is 0.0637. The maximum absolute atomic E-state index is 12.9. The molecule has 6 nitrogen and oxygen atoms in total. The van der Waals surface area contributed by atoms with Crippen molar-refractivity contribution >= 4 is 39.1 Å². The van der Waals surface area contributed by atoms with E-state index in [1.807, 2.05) is 42.2 Å². The van der Waals surface area contributed by atoms with Gasteiger partial charge in [-0.05, 0) is 24.6 Å². The van der Waals surface area contributed by atoms with Crippen LogP contribution in [0.25, 0.3) is 0 Å².